The number of nitrogens with two attached hydrogens (primary N) is 2. The first-order chi connectivity index (χ1) is 25.2. The molecule has 294 valence electrons. The van der Waals surface area contributed by atoms with E-state index in [1.807, 2.05) is 0 Å². The first-order valence-corrected chi connectivity index (χ1v) is 14.7. The third-order valence-corrected chi connectivity index (χ3v) is 5.43. The summed E-state index contributed by atoms with van der Waals surface area (Å²) in [4.78, 5) is 123. The molecular weight excluding hydrogens is 748 g/mol. The van der Waals surface area contributed by atoms with Crippen LogP contribution in [0.5, 0.6) is 0 Å². The predicted molar refractivity (Wildman–Crippen MR) is 180 cm³/mol. The number of carboxylic acids is 2. The summed E-state index contributed by atoms with van der Waals surface area (Å²) in [5.74, 6) is -5.70. The van der Waals surface area contributed by atoms with Gasteiger partial charge in [-0.1, -0.05) is 13.2 Å². The van der Waals surface area contributed by atoms with Crippen molar-refractivity contribution in [3.63, 3.8) is 0 Å². The molecule has 0 aromatic heterocycles. The zero-order valence-corrected chi connectivity index (χ0v) is 29.5. The smallest absolute Gasteiger partial charge is 0.423 e. The highest BCUT2D eigenvalue weighted by atomic mass is 32.1. The highest BCUT2D eigenvalue weighted by molar-refractivity contribution is 7.47. The number of rotatable bonds is 13. The molecule has 23 nitrogen and oxygen atoms in total. The summed E-state index contributed by atoms with van der Waals surface area (Å²) < 4.78 is 15.4. The fraction of sp³-hybridized carbons (Fsp3) is 0.300. The molecule has 0 saturated carbocycles. The van der Waals surface area contributed by atoms with Gasteiger partial charge < -0.3 is 40.7 Å². The fourth-order valence-corrected chi connectivity index (χ4v) is 3.22. The number of carbonyl (C=O) groups is 11. The largest absolute Gasteiger partial charge is 0.481 e. The number of aliphatic carboxylic acids is 2. The van der Waals surface area contributed by atoms with E-state index in [1.54, 1.807) is 0 Å². The van der Waals surface area contributed by atoms with Crippen molar-refractivity contribution >= 4 is 78.0 Å². The Morgan fingerprint density at radius 1 is 0.722 bits per heavy atom. The van der Waals surface area contributed by atoms with Gasteiger partial charge in [-0.3, -0.25) is 43.4 Å². The fourth-order valence-electron chi connectivity index (χ4n) is 3.14. The van der Waals surface area contributed by atoms with Gasteiger partial charge in [0.1, 0.15) is 6.61 Å². The van der Waals surface area contributed by atoms with E-state index in [-0.39, 0.29) is 32.5 Å². The molecule has 3 aliphatic rings. The van der Waals surface area contributed by atoms with Crippen LogP contribution in [0.15, 0.2) is 65.3 Å². The van der Waals surface area contributed by atoms with E-state index in [2.05, 4.69) is 54.9 Å². The maximum atomic E-state index is 11.2. The summed E-state index contributed by atoms with van der Waals surface area (Å²) in [6.07, 6.45) is 4.56. The maximum absolute atomic E-state index is 11.2. The molecule has 0 spiro atoms. The number of nitrogens with zero attached hydrogens (tertiary/aromatic N) is 4. The molecule has 8 amide bonds. The molecule has 6 N–H and O–H groups in total. The van der Waals surface area contributed by atoms with Gasteiger partial charge in [0.2, 0.25) is 0 Å². The lowest BCUT2D eigenvalue weighted by atomic mass is 10.2. The predicted octanol–water partition coefficient (Wildman–Crippen LogP) is -1.58. The molecule has 3 heterocycles. The lowest BCUT2D eigenvalue weighted by molar-refractivity contribution is -0.143. The number of amides is 8. The number of methoxy groups -OCH3 is 2. The summed E-state index contributed by atoms with van der Waals surface area (Å²) in [5.41, 5.74) is 10.1. The monoisotopic (exact) mass is 784 g/mol. The van der Waals surface area contributed by atoms with E-state index >= 15 is 0 Å². The van der Waals surface area contributed by atoms with Crippen molar-refractivity contribution in [1.82, 2.24) is 14.7 Å². The quantitative estimate of drug-likeness (QED) is 0.0709. The Morgan fingerprint density at radius 3 is 1.43 bits per heavy atom. The summed E-state index contributed by atoms with van der Waals surface area (Å²) in [5, 5.41) is 16.4. The van der Waals surface area contributed by atoms with Crippen LogP contribution in [0, 0.1) is 0 Å². The molecule has 0 radical (unpaired) electrons. The van der Waals surface area contributed by atoms with Gasteiger partial charge in [-0.05, 0) is 15.7 Å². The molecule has 0 unspecified atom stereocenters. The lowest BCUT2D eigenvalue weighted by Crippen LogP contribution is -2.35. The highest BCUT2D eigenvalue weighted by Crippen LogP contribution is 2.10. The van der Waals surface area contributed by atoms with Crippen LogP contribution < -0.4 is 11.5 Å². The zero-order valence-electron chi connectivity index (χ0n) is 28.7. The summed E-state index contributed by atoms with van der Waals surface area (Å²) >= 11 is 4.09. The van der Waals surface area contributed by atoms with Crippen molar-refractivity contribution < 1.29 is 82.0 Å². The maximum Gasteiger partial charge on any atom is 0.423 e. The van der Waals surface area contributed by atoms with Crippen molar-refractivity contribution in [2.75, 3.05) is 47.1 Å². The van der Waals surface area contributed by atoms with Crippen LogP contribution >= 0.6 is 0 Å². The average molecular weight is 785 g/mol. The first kappa shape index (κ1) is 49.3. The van der Waals surface area contributed by atoms with Gasteiger partial charge >= 0.3 is 30.1 Å². The molecule has 3 rings (SSSR count). The Labute approximate surface area is 311 Å². The Morgan fingerprint density at radius 2 is 1.11 bits per heavy atom. The van der Waals surface area contributed by atoms with Crippen molar-refractivity contribution in [3.8, 4) is 0 Å². The molecule has 54 heavy (non-hydrogen) atoms. The Kier molecular flexibility index (Phi) is 24.6. The van der Waals surface area contributed by atoms with E-state index in [1.165, 1.54) is 7.11 Å². The molecule has 24 heteroatoms. The molecule has 0 saturated heterocycles. The third-order valence-electron chi connectivity index (χ3n) is 5.35. The normalized spacial score (nSPS) is 13.3. The van der Waals surface area contributed by atoms with Crippen LogP contribution in [0.3, 0.4) is 0 Å². The minimum Gasteiger partial charge on any atom is -0.481 e. The number of ether oxygens (including phenoxy) is 3. The van der Waals surface area contributed by atoms with E-state index in [9.17, 15) is 52.7 Å². The van der Waals surface area contributed by atoms with Crippen molar-refractivity contribution in [3.05, 3.63) is 60.8 Å². The minimum absolute atomic E-state index is 0.0167. The van der Waals surface area contributed by atoms with Gasteiger partial charge in [0, 0.05) is 43.0 Å². The van der Waals surface area contributed by atoms with Crippen molar-refractivity contribution in [1.29, 1.82) is 0 Å². The Hall–Kier alpha value is -6.79. The van der Waals surface area contributed by atoms with Crippen molar-refractivity contribution in [2.45, 2.75) is 12.8 Å². The van der Waals surface area contributed by atoms with E-state index in [0.717, 1.165) is 53.4 Å². The molecule has 0 aromatic carbocycles. The number of carbonyl (C=O) groups excluding carboxylic acids is 9. The number of primary amides is 1. The molecule has 0 fully saturated rings. The van der Waals surface area contributed by atoms with Crippen molar-refractivity contribution in [2.24, 2.45) is 16.0 Å². The van der Waals surface area contributed by atoms with Crippen LogP contribution in [-0.4, -0.2) is 138 Å². The summed E-state index contributed by atoms with van der Waals surface area (Å²) in [7, 11) is 2.32. The molecule has 0 bridgehead atoms. The van der Waals surface area contributed by atoms with Gasteiger partial charge in [0.05, 0.1) is 59.2 Å². The SMILES string of the molecule is C=C(CC(=O)O)CN1C(=O)C=CC1=O.C=C(CC(=O)ON=S)CN1C(=O)C=CC1=O.COC(=O)N1C(=O)C=CC1=O.COC(N)=O.NCCOCC(=O)O. The van der Waals surface area contributed by atoms with E-state index < -0.39 is 65.5 Å². The second-order valence-electron chi connectivity index (χ2n) is 9.55. The van der Waals surface area contributed by atoms with Crippen LogP contribution in [0.4, 0.5) is 9.59 Å². The van der Waals surface area contributed by atoms with Gasteiger partial charge in [0.15, 0.2) is 0 Å². The average Bonchev–Trinajstić information content (AvgIpc) is 3.71. The van der Waals surface area contributed by atoms with E-state index in [0.29, 0.717) is 29.2 Å². The number of hydrogen-bond donors (Lipinski definition) is 4. The van der Waals surface area contributed by atoms with Crippen LogP contribution in [0.2, 0.25) is 0 Å². The van der Waals surface area contributed by atoms with Gasteiger partial charge in [0.25, 0.3) is 35.4 Å². The Bertz CT molecular complexity index is 1550. The number of hydrogen-bond acceptors (Lipinski definition) is 18. The second kappa shape index (κ2) is 26.9. The lowest BCUT2D eigenvalue weighted by Gasteiger charge is -2.14. The number of carboxylic acid groups (broad SMARTS) is 2. The standard InChI is InChI=1S/C9H8N2O4S.C9H9NO4.C6H5NO4.C4H9NO3.C2H5NO2/c1-6(4-9(14)15-10-16)5-11-7(12)2-3-8(11)13;1-6(4-9(13)14)5-10-7(11)2-3-8(10)12;1-11-6(10)7-4(8)2-3-5(7)9;5-1-2-8-3-4(6)7;1-5-2(3)4/h2-3H,1,4-5H2;2-3H,1,4-5H2,(H,13,14);2-3H,1H3;1-3,5H2,(H,6,7);1H3,(H2,3,4). The van der Waals surface area contributed by atoms with Crippen LogP contribution in [0.1, 0.15) is 12.8 Å². The van der Waals surface area contributed by atoms with Gasteiger partial charge in [-0.15, -0.1) is 0 Å². The molecule has 0 aromatic rings. The Balaban J connectivity index is 0. The molecule has 3 aliphatic heterocycles. The molecule has 0 aliphatic carbocycles. The minimum atomic E-state index is -1.03. The topological polar surface area (TPSA) is 339 Å². The zero-order chi connectivity index (χ0) is 42.0. The second-order valence-corrected chi connectivity index (χ2v) is 9.70. The van der Waals surface area contributed by atoms with Gasteiger partial charge in [-0.25, -0.2) is 19.2 Å². The van der Waals surface area contributed by atoms with Crippen LogP contribution in [-0.2, 0) is 74.6 Å². The van der Waals surface area contributed by atoms with Crippen LogP contribution in [0.25, 0.3) is 0 Å². The number of imide groups is 5. The summed E-state index contributed by atoms with van der Waals surface area (Å²) in [6.45, 7) is 7.41. The molecular formula is C30H36N6O17S. The summed E-state index contributed by atoms with van der Waals surface area (Å²) in [6, 6.07) is 0. The molecule has 0 atom stereocenters. The highest BCUT2D eigenvalue weighted by Gasteiger charge is 2.30. The first-order valence-electron chi connectivity index (χ1n) is 14.4. The van der Waals surface area contributed by atoms with E-state index in [4.69, 9.17) is 15.9 Å². The third kappa shape index (κ3) is 21.4. The van der Waals surface area contributed by atoms with Gasteiger partial charge in [-0.2, -0.15) is 4.90 Å².